The number of carbonyl (C=O) groups excluding carboxylic acids is 1. The van der Waals surface area contributed by atoms with Gasteiger partial charge in [0.05, 0.1) is 12.7 Å². The third kappa shape index (κ3) is 8.73. The molecule has 150 valence electrons. The molecule has 8 heteroatoms. The maximum atomic E-state index is 12.1. The zero-order valence-electron chi connectivity index (χ0n) is 15.8. The summed E-state index contributed by atoms with van der Waals surface area (Å²) in [6.45, 7) is 6.82. The average Bonchev–Trinajstić information content (AvgIpc) is 3.18. The Morgan fingerprint density at radius 1 is 1.26 bits per heavy atom. The highest BCUT2D eigenvalue weighted by Gasteiger charge is 2.15. The number of amides is 1. The van der Waals surface area contributed by atoms with Crippen molar-refractivity contribution in [2.75, 3.05) is 46.0 Å². The van der Waals surface area contributed by atoms with E-state index in [1.807, 2.05) is 19.1 Å². The molecule has 1 aliphatic rings. The Balaban J connectivity index is 1.61. The fourth-order valence-electron chi connectivity index (χ4n) is 2.55. The number of rotatable bonds is 10. The van der Waals surface area contributed by atoms with Crippen LogP contribution in [0.1, 0.15) is 30.1 Å². The second-order valence-corrected chi connectivity index (χ2v) is 7.08. The number of nitrogens with one attached hydrogen (secondary N) is 3. The molecule has 2 rings (SSSR count). The van der Waals surface area contributed by atoms with E-state index >= 15 is 0 Å². The summed E-state index contributed by atoms with van der Waals surface area (Å²) in [5.41, 5.74) is 0.645. The molecule has 0 aliphatic carbocycles. The fourth-order valence-corrected chi connectivity index (χ4v) is 2.82. The topological polar surface area (TPSA) is 84.0 Å². The highest BCUT2D eigenvalue weighted by atomic mass is 79.9. The van der Waals surface area contributed by atoms with E-state index in [9.17, 15) is 4.79 Å². The molecule has 0 radical (unpaired) electrons. The van der Waals surface area contributed by atoms with Crippen molar-refractivity contribution in [2.45, 2.75) is 25.9 Å². The molecule has 0 bridgehead atoms. The lowest BCUT2D eigenvalue weighted by molar-refractivity contribution is 0.0424. The number of halogens is 1. The van der Waals surface area contributed by atoms with Crippen molar-refractivity contribution in [3.63, 3.8) is 0 Å². The van der Waals surface area contributed by atoms with Crippen LogP contribution in [0.5, 0.6) is 0 Å². The predicted octanol–water partition coefficient (Wildman–Crippen LogP) is 1.93. The van der Waals surface area contributed by atoms with Crippen LogP contribution in [0.4, 0.5) is 0 Å². The number of nitrogens with zero attached hydrogens (tertiary/aromatic N) is 1. The summed E-state index contributed by atoms with van der Waals surface area (Å²) < 4.78 is 12.0. The average molecular weight is 441 g/mol. The SMILES string of the molecule is CCNC(=NCCCOC1CCOC1)NCCNC(=O)c1ccc(Br)cc1. The lowest BCUT2D eigenvalue weighted by atomic mass is 10.2. The van der Waals surface area contributed by atoms with Crippen LogP contribution in [0.15, 0.2) is 33.7 Å². The number of carbonyl (C=O) groups is 1. The second kappa shape index (κ2) is 12.7. The van der Waals surface area contributed by atoms with E-state index in [1.54, 1.807) is 12.1 Å². The smallest absolute Gasteiger partial charge is 0.251 e. The molecule has 27 heavy (non-hydrogen) atoms. The molecule has 1 saturated heterocycles. The van der Waals surface area contributed by atoms with Crippen LogP contribution in [0.3, 0.4) is 0 Å². The van der Waals surface area contributed by atoms with Crippen LogP contribution in [-0.4, -0.2) is 64.0 Å². The Morgan fingerprint density at radius 2 is 2.04 bits per heavy atom. The summed E-state index contributed by atoms with van der Waals surface area (Å²) in [5.74, 6) is 0.666. The highest BCUT2D eigenvalue weighted by Crippen LogP contribution is 2.10. The molecule has 0 spiro atoms. The minimum absolute atomic E-state index is 0.0840. The normalized spacial score (nSPS) is 17.0. The summed E-state index contributed by atoms with van der Waals surface area (Å²) in [7, 11) is 0. The van der Waals surface area contributed by atoms with Gasteiger partial charge < -0.3 is 25.4 Å². The van der Waals surface area contributed by atoms with Crippen LogP contribution >= 0.6 is 15.9 Å². The van der Waals surface area contributed by atoms with E-state index < -0.39 is 0 Å². The van der Waals surface area contributed by atoms with E-state index in [4.69, 9.17) is 9.47 Å². The van der Waals surface area contributed by atoms with Crippen LogP contribution < -0.4 is 16.0 Å². The first-order valence-corrected chi connectivity index (χ1v) is 10.2. The number of hydrogen-bond acceptors (Lipinski definition) is 4. The summed E-state index contributed by atoms with van der Waals surface area (Å²) in [5, 5.41) is 9.32. The molecular weight excluding hydrogens is 412 g/mol. The molecule has 1 heterocycles. The molecule has 1 fully saturated rings. The zero-order valence-corrected chi connectivity index (χ0v) is 17.4. The first-order chi connectivity index (χ1) is 13.2. The summed E-state index contributed by atoms with van der Waals surface area (Å²) in [4.78, 5) is 16.6. The fraction of sp³-hybridized carbons (Fsp3) is 0.579. The summed E-state index contributed by atoms with van der Waals surface area (Å²) in [6, 6.07) is 7.29. The van der Waals surface area contributed by atoms with Gasteiger partial charge in [0, 0.05) is 49.4 Å². The van der Waals surface area contributed by atoms with Crippen LogP contribution in [-0.2, 0) is 9.47 Å². The molecule has 1 aromatic rings. The van der Waals surface area contributed by atoms with Gasteiger partial charge >= 0.3 is 0 Å². The van der Waals surface area contributed by atoms with E-state index in [0.29, 0.717) is 38.4 Å². The molecule has 1 atom stereocenters. The zero-order chi connectivity index (χ0) is 19.3. The van der Waals surface area contributed by atoms with Crippen molar-refractivity contribution in [3.8, 4) is 0 Å². The van der Waals surface area contributed by atoms with Gasteiger partial charge in [-0.2, -0.15) is 0 Å². The minimum atomic E-state index is -0.0840. The third-order valence-electron chi connectivity index (χ3n) is 3.97. The molecule has 1 aromatic carbocycles. The Labute approximate surface area is 169 Å². The summed E-state index contributed by atoms with van der Waals surface area (Å²) in [6.07, 6.45) is 2.10. The van der Waals surface area contributed by atoms with Gasteiger partial charge in [0.1, 0.15) is 0 Å². The molecule has 3 N–H and O–H groups in total. The molecule has 7 nitrogen and oxygen atoms in total. The quantitative estimate of drug-likeness (QED) is 0.294. The third-order valence-corrected chi connectivity index (χ3v) is 4.50. The molecule has 0 saturated carbocycles. The van der Waals surface area contributed by atoms with E-state index in [1.165, 1.54) is 0 Å². The Kier molecular flexibility index (Phi) is 10.2. The van der Waals surface area contributed by atoms with Crippen molar-refractivity contribution in [3.05, 3.63) is 34.3 Å². The largest absolute Gasteiger partial charge is 0.379 e. The first kappa shape index (κ1) is 21.7. The van der Waals surface area contributed by atoms with E-state index in [2.05, 4.69) is 36.9 Å². The molecule has 1 amide bonds. The van der Waals surface area contributed by atoms with E-state index in [-0.39, 0.29) is 12.0 Å². The van der Waals surface area contributed by atoms with Gasteiger partial charge in [-0.15, -0.1) is 0 Å². The standard InChI is InChI=1S/C19H29BrN4O3/c1-2-21-19(23-9-3-12-27-17-8-13-26-14-17)24-11-10-22-18(25)15-4-6-16(20)7-5-15/h4-7,17H,2-3,8-14H2,1H3,(H,22,25)(H2,21,23,24). The molecular formula is C19H29BrN4O3. The van der Waals surface area contributed by atoms with Gasteiger partial charge in [0.25, 0.3) is 5.91 Å². The van der Waals surface area contributed by atoms with Crippen LogP contribution in [0, 0.1) is 0 Å². The first-order valence-electron chi connectivity index (χ1n) is 9.44. The van der Waals surface area contributed by atoms with Crippen molar-refractivity contribution < 1.29 is 14.3 Å². The Hall–Kier alpha value is -1.64. The van der Waals surface area contributed by atoms with Crippen molar-refractivity contribution in [1.29, 1.82) is 0 Å². The monoisotopic (exact) mass is 440 g/mol. The lowest BCUT2D eigenvalue weighted by Crippen LogP contribution is -2.41. The van der Waals surface area contributed by atoms with Gasteiger partial charge in [-0.25, -0.2) is 0 Å². The highest BCUT2D eigenvalue weighted by molar-refractivity contribution is 9.10. The van der Waals surface area contributed by atoms with Gasteiger partial charge in [-0.3, -0.25) is 9.79 Å². The van der Waals surface area contributed by atoms with Crippen molar-refractivity contribution >= 4 is 27.8 Å². The summed E-state index contributed by atoms with van der Waals surface area (Å²) >= 11 is 3.36. The van der Waals surface area contributed by atoms with Crippen LogP contribution in [0.2, 0.25) is 0 Å². The van der Waals surface area contributed by atoms with E-state index in [0.717, 1.165) is 36.4 Å². The Morgan fingerprint density at radius 3 is 2.74 bits per heavy atom. The number of ether oxygens (including phenoxy) is 2. The number of guanidine groups is 1. The second-order valence-electron chi connectivity index (χ2n) is 6.16. The molecule has 1 aliphatic heterocycles. The Bertz CT molecular complexity index is 589. The van der Waals surface area contributed by atoms with Gasteiger partial charge in [-0.05, 0) is 44.0 Å². The van der Waals surface area contributed by atoms with Gasteiger partial charge in [0.2, 0.25) is 0 Å². The maximum absolute atomic E-state index is 12.1. The molecule has 0 aromatic heterocycles. The number of aliphatic imine (C=N–C) groups is 1. The van der Waals surface area contributed by atoms with Gasteiger partial charge in [0.15, 0.2) is 5.96 Å². The maximum Gasteiger partial charge on any atom is 0.251 e. The number of benzene rings is 1. The lowest BCUT2D eigenvalue weighted by Gasteiger charge is -2.12. The minimum Gasteiger partial charge on any atom is -0.379 e. The number of hydrogen-bond donors (Lipinski definition) is 3. The predicted molar refractivity (Wildman–Crippen MR) is 110 cm³/mol. The van der Waals surface area contributed by atoms with Crippen LogP contribution in [0.25, 0.3) is 0 Å². The van der Waals surface area contributed by atoms with Gasteiger partial charge in [-0.1, -0.05) is 15.9 Å². The van der Waals surface area contributed by atoms with Crippen molar-refractivity contribution in [1.82, 2.24) is 16.0 Å². The molecule has 1 unspecified atom stereocenters. The van der Waals surface area contributed by atoms with Crippen molar-refractivity contribution in [2.24, 2.45) is 4.99 Å².